The topological polar surface area (TPSA) is 29.5 Å². The first-order valence-corrected chi connectivity index (χ1v) is 6.84. The molecule has 19 heavy (non-hydrogen) atoms. The molecule has 0 aromatic heterocycles. The molecule has 0 spiro atoms. The SMILES string of the molecule is Cc1cc(C(=O)N(C)CC(C)C)ccc1OC(C)C. The minimum absolute atomic E-state index is 0.0629. The zero-order chi connectivity index (χ0) is 14.6. The molecule has 1 amide bonds. The molecule has 0 N–H and O–H groups in total. The molecular weight excluding hydrogens is 238 g/mol. The molecular formula is C16H25NO2. The summed E-state index contributed by atoms with van der Waals surface area (Å²) in [7, 11) is 1.84. The van der Waals surface area contributed by atoms with Gasteiger partial charge in [-0.05, 0) is 50.5 Å². The average Bonchev–Trinajstić information content (AvgIpc) is 2.29. The van der Waals surface area contributed by atoms with E-state index in [-0.39, 0.29) is 12.0 Å². The van der Waals surface area contributed by atoms with Crippen LogP contribution in [0.4, 0.5) is 0 Å². The monoisotopic (exact) mass is 263 g/mol. The molecule has 0 bridgehead atoms. The van der Waals surface area contributed by atoms with Gasteiger partial charge in [-0.15, -0.1) is 0 Å². The fraction of sp³-hybridized carbons (Fsp3) is 0.562. The maximum atomic E-state index is 12.3. The van der Waals surface area contributed by atoms with Crippen LogP contribution in [-0.4, -0.2) is 30.5 Å². The van der Waals surface area contributed by atoms with Crippen molar-refractivity contribution in [2.75, 3.05) is 13.6 Å². The van der Waals surface area contributed by atoms with Crippen LogP contribution in [0.1, 0.15) is 43.6 Å². The Morgan fingerprint density at radius 2 is 1.89 bits per heavy atom. The van der Waals surface area contributed by atoms with E-state index in [0.29, 0.717) is 5.92 Å². The van der Waals surface area contributed by atoms with Gasteiger partial charge in [0.2, 0.25) is 0 Å². The molecule has 0 aliphatic carbocycles. The summed E-state index contributed by atoms with van der Waals surface area (Å²) >= 11 is 0. The zero-order valence-corrected chi connectivity index (χ0v) is 12.9. The van der Waals surface area contributed by atoms with E-state index < -0.39 is 0 Å². The predicted octanol–water partition coefficient (Wildman–Crippen LogP) is 3.51. The van der Waals surface area contributed by atoms with Crippen LogP contribution in [0.15, 0.2) is 18.2 Å². The summed E-state index contributed by atoms with van der Waals surface area (Å²) < 4.78 is 5.68. The molecule has 0 unspecified atom stereocenters. The average molecular weight is 263 g/mol. The van der Waals surface area contributed by atoms with Crippen molar-refractivity contribution in [3.05, 3.63) is 29.3 Å². The van der Waals surface area contributed by atoms with Gasteiger partial charge in [0, 0.05) is 19.2 Å². The van der Waals surface area contributed by atoms with E-state index in [0.717, 1.165) is 23.4 Å². The summed E-state index contributed by atoms with van der Waals surface area (Å²) in [6.45, 7) is 10.9. The summed E-state index contributed by atoms with van der Waals surface area (Å²) in [5.74, 6) is 1.38. The molecule has 0 heterocycles. The van der Waals surface area contributed by atoms with Crippen LogP contribution in [0.5, 0.6) is 5.75 Å². The Kier molecular flexibility index (Phi) is 5.40. The van der Waals surface area contributed by atoms with Gasteiger partial charge in [0.25, 0.3) is 5.91 Å². The van der Waals surface area contributed by atoms with Gasteiger partial charge in [-0.3, -0.25) is 4.79 Å². The van der Waals surface area contributed by atoms with Gasteiger partial charge < -0.3 is 9.64 Å². The van der Waals surface area contributed by atoms with E-state index in [1.807, 2.05) is 46.0 Å². The Hall–Kier alpha value is -1.51. The minimum atomic E-state index is 0.0629. The third kappa shape index (κ3) is 4.58. The fourth-order valence-electron chi connectivity index (χ4n) is 2.02. The number of hydrogen-bond acceptors (Lipinski definition) is 2. The molecule has 0 saturated heterocycles. The number of carbonyl (C=O) groups excluding carboxylic acids is 1. The second kappa shape index (κ2) is 6.60. The van der Waals surface area contributed by atoms with Crippen molar-refractivity contribution in [1.82, 2.24) is 4.90 Å². The number of aryl methyl sites for hydroxylation is 1. The summed E-state index contributed by atoms with van der Waals surface area (Å²) in [5.41, 5.74) is 1.72. The van der Waals surface area contributed by atoms with Gasteiger partial charge >= 0.3 is 0 Å². The second-order valence-electron chi connectivity index (χ2n) is 5.73. The van der Waals surface area contributed by atoms with E-state index in [9.17, 15) is 4.79 Å². The lowest BCUT2D eigenvalue weighted by atomic mass is 10.1. The summed E-state index contributed by atoms with van der Waals surface area (Å²) in [5, 5.41) is 0. The molecule has 0 aliphatic heterocycles. The van der Waals surface area contributed by atoms with E-state index in [1.165, 1.54) is 0 Å². The molecule has 0 fully saturated rings. The van der Waals surface area contributed by atoms with Crippen LogP contribution in [0.3, 0.4) is 0 Å². The second-order valence-corrected chi connectivity index (χ2v) is 5.73. The molecule has 1 aromatic carbocycles. The number of carbonyl (C=O) groups is 1. The highest BCUT2D eigenvalue weighted by Crippen LogP contribution is 2.21. The van der Waals surface area contributed by atoms with Crippen LogP contribution in [0, 0.1) is 12.8 Å². The first-order valence-electron chi connectivity index (χ1n) is 6.84. The Morgan fingerprint density at radius 1 is 1.26 bits per heavy atom. The molecule has 0 saturated carbocycles. The number of nitrogens with zero attached hydrogens (tertiary/aromatic N) is 1. The lowest BCUT2D eigenvalue weighted by Gasteiger charge is -2.20. The summed E-state index contributed by atoms with van der Waals surface area (Å²) in [4.78, 5) is 14.0. The number of rotatable bonds is 5. The molecule has 1 rings (SSSR count). The van der Waals surface area contributed by atoms with E-state index in [1.54, 1.807) is 4.90 Å². The number of amides is 1. The molecule has 0 aliphatic rings. The highest BCUT2D eigenvalue weighted by Gasteiger charge is 2.14. The fourth-order valence-corrected chi connectivity index (χ4v) is 2.02. The molecule has 1 aromatic rings. The first-order chi connectivity index (χ1) is 8.81. The Morgan fingerprint density at radius 3 is 2.37 bits per heavy atom. The van der Waals surface area contributed by atoms with Crippen molar-refractivity contribution in [1.29, 1.82) is 0 Å². The Bertz CT molecular complexity index is 438. The van der Waals surface area contributed by atoms with Crippen LogP contribution in [-0.2, 0) is 0 Å². The number of ether oxygens (including phenoxy) is 1. The third-order valence-corrected chi connectivity index (χ3v) is 2.77. The minimum Gasteiger partial charge on any atom is -0.491 e. The quantitative estimate of drug-likeness (QED) is 0.813. The van der Waals surface area contributed by atoms with Gasteiger partial charge in [-0.25, -0.2) is 0 Å². The maximum Gasteiger partial charge on any atom is 0.253 e. The normalized spacial score (nSPS) is 10.9. The van der Waals surface area contributed by atoms with E-state index in [2.05, 4.69) is 13.8 Å². The lowest BCUT2D eigenvalue weighted by molar-refractivity contribution is 0.0779. The van der Waals surface area contributed by atoms with Crippen molar-refractivity contribution in [3.8, 4) is 5.75 Å². The maximum absolute atomic E-state index is 12.3. The van der Waals surface area contributed by atoms with Crippen LogP contribution in [0.25, 0.3) is 0 Å². The lowest BCUT2D eigenvalue weighted by Crippen LogP contribution is -2.30. The summed E-state index contributed by atoms with van der Waals surface area (Å²) in [6.07, 6.45) is 0.142. The van der Waals surface area contributed by atoms with Gasteiger partial charge in [-0.1, -0.05) is 13.8 Å². The van der Waals surface area contributed by atoms with E-state index in [4.69, 9.17) is 4.74 Å². The highest BCUT2D eigenvalue weighted by atomic mass is 16.5. The van der Waals surface area contributed by atoms with Crippen molar-refractivity contribution < 1.29 is 9.53 Å². The van der Waals surface area contributed by atoms with Crippen LogP contribution in [0.2, 0.25) is 0 Å². The smallest absolute Gasteiger partial charge is 0.253 e. The van der Waals surface area contributed by atoms with Gasteiger partial charge in [0.1, 0.15) is 5.75 Å². The van der Waals surface area contributed by atoms with Crippen LogP contribution >= 0.6 is 0 Å². The van der Waals surface area contributed by atoms with E-state index >= 15 is 0 Å². The molecule has 0 atom stereocenters. The molecule has 106 valence electrons. The number of hydrogen-bond donors (Lipinski definition) is 0. The van der Waals surface area contributed by atoms with Gasteiger partial charge in [0.05, 0.1) is 6.10 Å². The van der Waals surface area contributed by atoms with Crippen LogP contribution < -0.4 is 4.74 Å². The van der Waals surface area contributed by atoms with Crippen molar-refractivity contribution in [2.45, 2.75) is 40.7 Å². The van der Waals surface area contributed by atoms with Crippen molar-refractivity contribution >= 4 is 5.91 Å². The highest BCUT2D eigenvalue weighted by molar-refractivity contribution is 5.94. The Labute approximate surface area is 116 Å². The molecule has 3 heteroatoms. The largest absolute Gasteiger partial charge is 0.491 e. The number of benzene rings is 1. The Balaban J connectivity index is 2.85. The van der Waals surface area contributed by atoms with Crippen molar-refractivity contribution in [3.63, 3.8) is 0 Å². The van der Waals surface area contributed by atoms with Crippen molar-refractivity contribution in [2.24, 2.45) is 5.92 Å². The standard InChI is InChI=1S/C16H25NO2/c1-11(2)10-17(6)16(18)14-7-8-15(13(5)9-14)19-12(3)4/h7-9,11-12H,10H2,1-6H3. The van der Waals surface area contributed by atoms with Gasteiger partial charge in [0.15, 0.2) is 0 Å². The summed E-state index contributed by atoms with van der Waals surface area (Å²) in [6, 6.07) is 5.62. The zero-order valence-electron chi connectivity index (χ0n) is 12.9. The predicted molar refractivity (Wildman–Crippen MR) is 78.7 cm³/mol. The molecule has 3 nitrogen and oxygen atoms in total. The third-order valence-electron chi connectivity index (χ3n) is 2.77. The first kappa shape index (κ1) is 15.5. The molecule has 0 radical (unpaired) electrons. The van der Waals surface area contributed by atoms with Gasteiger partial charge in [-0.2, -0.15) is 0 Å².